The molecule has 2 N–H and O–H groups in total. The van der Waals surface area contributed by atoms with Crippen molar-refractivity contribution in [1.82, 2.24) is 4.31 Å². The normalized spacial score (nSPS) is 15.8. The van der Waals surface area contributed by atoms with Gasteiger partial charge in [0.05, 0.1) is 5.75 Å². The summed E-state index contributed by atoms with van der Waals surface area (Å²) in [4.78, 5) is 0. The number of benzene rings is 1. The van der Waals surface area contributed by atoms with Crippen molar-refractivity contribution in [2.45, 2.75) is 24.6 Å². The highest BCUT2D eigenvalue weighted by molar-refractivity contribution is 7.88. The summed E-state index contributed by atoms with van der Waals surface area (Å²) in [6.45, 7) is 4.00. The van der Waals surface area contributed by atoms with Crippen LogP contribution >= 0.6 is 0 Å². The van der Waals surface area contributed by atoms with E-state index in [1.54, 1.807) is 34.6 Å². The topological polar surface area (TPSA) is 63.4 Å². The first kappa shape index (κ1) is 13.1. The van der Waals surface area contributed by atoms with E-state index in [1.807, 2.05) is 0 Å². The van der Waals surface area contributed by atoms with Crippen LogP contribution in [-0.4, -0.2) is 25.3 Å². The van der Waals surface area contributed by atoms with Crippen LogP contribution in [0.25, 0.3) is 0 Å². The number of hydrogen-bond donors (Lipinski definition) is 1. The number of sulfonamides is 1. The predicted octanol–water partition coefficient (Wildman–Crippen LogP) is 1.75. The maximum absolute atomic E-state index is 12.3. The van der Waals surface area contributed by atoms with Gasteiger partial charge < -0.3 is 5.73 Å². The molecule has 0 atom stereocenters. The Kier molecular flexibility index (Phi) is 3.73. The highest BCUT2D eigenvalue weighted by Crippen LogP contribution is 2.30. The Bertz CT molecular complexity index is 536. The number of hydrogen-bond acceptors (Lipinski definition) is 3. The maximum Gasteiger partial charge on any atom is 0.218 e. The van der Waals surface area contributed by atoms with Gasteiger partial charge in [-0.25, -0.2) is 8.42 Å². The van der Waals surface area contributed by atoms with Gasteiger partial charge in [-0.3, -0.25) is 0 Å². The van der Waals surface area contributed by atoms with Crippen LogP contribution in [0, 0.1) is 0 Å². The molecule has 0 amide bonds. The van der Waals surface area contributed by atoms with Gasteiger partial charge in [0, 0.05) is 18.3 Å². The van der Waals surface area contributed by atoms with E-state index in [1.165, 1.54) is 0 Å². The lowest BCUT2D eigenvalue weighted by molar-refractivity contribution is 0.435. The molecule has 0 unspecified atom stereocenters. The molecule has 4 nitrogen and oxygen atoms in total. The average Bonchev–Trinajstić information content (AvgIpc) is 3.08. The third-order valence-corrected chi connectivity index (χ3v) is 4.78. The summed E-state index contributed by atoms with van der Waals surface area (Å²) >= 11 is 0. The first-order valence-electron chi connectivity index (χ1n) is 5.98. The fourth-order valence-electron chi connectivity index (χ4n) is 1.96. The number of nitrogens with zero attached hydrogens (tertiary/aromatic N) is 1. The molecule has 0 radical (unpaired) electrons. The molecule has 5 heteroatoms. The number of rotatable bonds is 6. The van der Waals surface area contributed by atoms with Crippen LogP contribution in [0.4, 0.5) is 5.69 Å². The molecule has 1 saturated carbocycles. The van der Waals surface area contributed by atoms with Crippen molar-refractivity contribution in [3.8, 4) is 0 Å². The summed E-state index contributed by atoms with van der Waals surface area (Å²) in [5.74, 6) is 0.00236. The second-order valence-electron chi connectivity index (χ2n) is 4.59. The SMILES string of the molecule is C=CCN(C1CC1)S(=O)(=O)Cc1cccc(N)c1. The van der Waals surface area contributed by atoms with Crippen LogP contribution < -0.4 is 5.73 Å². The largest absolute Gasteiger partial charge is 0.399 e. The molecule has 0 saturated heterocycles. The summed E-state index contributed by atoms with van der Waals surface area (Å²) in [7, 11) is -3.28. The van der Waals surface area contributed by atoms with Crippen molar-refractivity contribution < 1.29 is 8.42 Å². The Morgan fingerprint density at radius 1 is 1.44 bits per heavy atom. The number of nitrogens with two attached hydrogens (primary N) is 1. The molecular formula is C13H18N2O2S. The van der Waals surface area contributed by atoms with Gasteiger partial charge in [0.15, 0.2) is 0 Å². The van der Waals surface area contributed by atoms with Crippen molar-refractivity contribution in [2.24, 2.45) is 0 Å². The van der Waals surface area contributed by atoms with Crippen molar-refractivity contribution >= 4 is 15.7 Å². The van der Waals surface area contributed by atoms with Crippen LogP contribution in [0.1, 0.15) is 18.4 Å². The smallest absolute Gasteiger partial charge is 0.218 e. The molecule has 1 aromatic rings. The first-order valence-corrected chi connectivity index (χ1v) is 7.58. The van der Waals surface area contributed by atoms with E-state index in [0.29, 0.717) is 12.2 Å². The van der Waals surface area contributed by atoms with Crippen molar-refractivity contribution in [1.29, 1.82) is 0 Å². The highest BCUT2D eigenvalue weighted by Gasteiger charge is 2.36. The summed E-state index contributed by atoms with van der Waals surface area (Å²) in [6.07, 6.45) is 3.53. The molecule has 1 aliphatic rings. The second kappa shape index (κ2) is 5.12. The standard InChI is InChI=1S/C13H18N2O2S/c1-2-8-15(13-6-7-13)18(16,17)10-11-4-3-5-12(14)9-11/h2-5,9,13H,1,6-8,10,14H2. The zero-order chi connectivity index (χ0) is 13.2. The molecular weight excluding hydrogens is 248 g/mol. The van der Waals surface area contributed by atoms with E-state index < -0.39 is 10.0 Å². The monoisotopic (exact) mass is 266 g/mol. The van der Waals surface area contributed by atoms with Gasteiger partial charge in [-0.15, -0.1) is 6.58 Å². The molecule has 0 heterocycles. The number of anilines is 1. The molecule has 0 bridgehead atoms. The van der Waals surface area contributed by atoms with Gasteiger partial charge in [-0.05, 0) is 30.5 Å². The summed E-state index contributed by atoms with van der Waals surface area (Å²) in [5, 5.41) is 0. The molecule has 2 rings (SSSR count). The van der Waals surface area contributed by atoms with Crippen LogP contribution in [-0.2, 0) is 15.8 Å². The summed E-state index contributed by atoms with van der Waals surface area (Å²) in [5.41, 5.74) is 6.97. The van der Waals surface area contributed by atoms with Gasteiger partial charge in [0.1, 0.15) is 0 Å². The van der Waals surface area contributed by atoms with Crippen molar-refractivity contribution in [3.05, 3.63) is 42.5 Å². The molecule has 0 aliphatic heterocycles. The van der Waals surface area contributed by atoms with Gasteiger partial charge in [-0.1, -0.05) is 18.2 Å². The Balaban J connectivity index is 2.17. The van der Waals surface area contributed by atoms with E-state index in [4.69, 9.17) is 5.73 Å². The van der Waals surface area contributed by atoms with Gasteiger partial charge in [0.25, 0.3) is 0 Å². The van der Waals surface area contributed by atoms with Gasteiger partial charge >= 0.3 is 0 Å². The Morgan fingerprint density at radius 2 is 2.17 bits per heavy atom. The molecule has 1 aromatic carbocycles. The van der Waals surface area contributed by atoms with Gasteiger partial charge in [0.2, 0.25) is 10.0 Å². The molecule has 1 aliphatic carbocycles. The minimum atomic E-state index is -3.28. The fraction of sp³-hybridized carbons (Fsp3) is 0.385. The Morgan fingerprint density at radius 3 is 2.72 bits per heavy atom. The average molecular weight is 266 g/mol. The van der Waals surface area contributed by atoms with E-state index in [2.05, 4.69) is 6.58 Å². The van der Waals surface area contributed by atoms with E-state index >= 15 is 0 Å². The summed E-state index contributed by atoms with van der Waals surface area (Å²) in [6, 6.07) is 7.17. The lowest BCUT2D eigenvalue weighted by Crippen LogP contribution is -2.34. The molecule has 18 heavy (non-hydrogen) atoms. The second-order valence-corrected chi connectivity index (χ2v) is 6.51. The van der Waals surface area contributed by atoms with Crippen LogP contribution in [0.2, 0.25) is 0 Å². The molecule has 0 spiro atoms. The zero-order valence-electron chi connectivity index (χ0n) is 10.2. The van der Waals surface area contributed by atoms with Gasteiger partial charge in [-0.2, -0.15) is 4.31 Å². The molecule has 0 aromatic heterocycles. The van der Waals surface area contributed by atoms with Crippen LogP contribution in [0.15, 0.2) is 36.9 Å². The summed E-state index contributed by atoms with van der Waals surface area (Å²) < 4.78 is 26.2. The van der Waals surface area contributed by atoms with E-state index in [9.17, 15) is 8.42 Å². The molecule has 98 valence electrons. The Labute approximate surface area is 108 Å². The maximum atomic E-state index is 12.3. The van der Waals surface area contributed by atoms with E-state index in [0.717, 1.165) is 18.4 Å². The van der Waals surface area contributed by atoms with Crippen molar-refractivity contribution in [3.63, 3.8) is 0 Å². The van der Waals surface area contributed by atoms with Crippen molar-refractivity contribution in [2.75, 3.05) is 12.3 Å². The first-order chi connectivity index (χ1) is 8.53. The highest BCUT2D eigenvalue weighted by atomic mass is 32.2. The lowest BCUT2D eigenvalue weighted by atomic mass is 10.2. The minimum Gasteiger partial charge on any atom is -0.399 e. The fourth-order valence-corrected chi connectivity index (χ4v) is 3.72. The van der Waals surface area contributed by atoms with Crippen LogP contribution in [0.3, 0.4) is 0 Å². The molecule has 1 fully saturated rings. The van der Waals surface area contributed by atoms with Crippen LogP contribution in [0.5, 0.6) is 0 Å². The van der Waals surface area contributed by atoms with E-state index in [-0.39, 0.29) is 11.8 Å². The minimum absolute atomic E-state index is 0.00236. The quantitative estimate of drug-likeness (QED) is 0.630. The predicted molar refractivity (Wildman–Crippen MR) is 73.4 cm³/mol. The number of nitrogen functional groups attached to an aromatic ring is 1. The lowest BCUT2D eigenvalue weighted by Gasteiger charge is -2.20. The third-order valence-electron chi connectivity index (χ3n) is 2.92. The zero-order valence-corrected chi connectivity index (χ0v) is 11.1. The Hall–Kier alpha value is -1.33. The third kappa shape index (κ3) is 3.11.